The maximum absolute atomic E-state index is 12.8. The number of aliphatic carboxylic acids is 1. The van der Waals surface area contributed by atoms with E-state index in [-0.39, 0.29) is 19.0 Å². The fraction of sp³-hybridized carbons (Fsp3) is 0.579. The van der Waals surface area contributed by atoms with Crippen LogP contribution in [0.5, 0.6) is 0 Å². The van der Waals surface area contributed by atoms with E-state index in [1.54, 1.807) is 11.8 Å². The van der Waals surface area contributed by atoms with Gasteiger partial charge in [-0.25, -0.2) is 0 Å². The van der Waals surface area contributed by atoms with Gasteiger partial charge in [0.25, 0.3) is 0 Å². The molecule has 1 unspecified atom stereocenters. The predicted octanol–water partition coefficient (Wildman–Crippen LogP) is 2.03. The molecule has 6 heteroatoms. The number of carbonyl (C=O) groups is 2. The Labute approximate surface area is 149 Å². The highest BCUT2D eigenvalue weighted by atomic mass is 16.5. The lowest BCUT2D eigenvalue weighted by atomic mass is 10.1. The number of ether oxygens (including phenoxy) is 1. The first-order valence-electron chi connectivity index (χ1n) is 8.94. The van der Waals surface area contributed by atoms with E-state index in [2.05, 4.69) is 11.0 Å². The first kappa shape index (κ1) is 19.2. The molecule has 1 N–H and O–H groups in total. The molecule has 0 radical (unpaired) electrons. The summed E-state index contributed by atoms with van der Waals surface area (Å²) in [7, 11) is 0. The molecule has 1 atom stereocenters. The van der Waals surface area contributed by atoms with Crippen molar-refractivity contribution in [2.75, 3.05) is 44.3 Å². The van der Waals surface area contributed by atoms with Gasteiger partial charge in [-0.2, -0.15) is 0 Å². The zero-order valence-electron chi connectivity index (χ0n) is 15.1. The molecule has 1 aliphatic heterocycles. The molecule has 0 spiro atoms. The number of rotatable bonds is 10. The Hall–Kier alpha value is -2.08. The van der Waals surface area contributed by atoms with Crippen LogP contribution in [0.2, 0.25) is 0 Å². The van der Waals surface area contributed by atoms with Crippen LogP contribution in [0, 0.1) is 5.92 Å². The van der Waals surface area contributed by atoms with E-state index in [0.29, 0.717) is 26.2 Å². The van der Waals surface area contributed by atoms with Crippen LogP contribution < -0.4 is 4.90 Å². The second kappa shape index (κ2) is 9.42. The molecule has 0 fully saturated rings. The van der Waals surface area contributed by atoms with Gasteiger partial charge in [0.2, 0.25) is 5.91 Å². The van der Waals surface area contributed by atoms with Crippen molar-refractivity contribution in [3.8, 4) is 0 Å². The Morgan fingerprint density at radius 1 is 1.36 bits per heavy atom. The highest BCUT2D eigenvalue weighted by Crippen LogP contribution is 2.27. The first-order chi connectivity index (χ1) is 12.0. The normalized spacial score (nSPS) is 14.2. The molecule has 0 saturated heterocycles. The minimum atomic E-state index is -0.880. The number of nitrogens with zero attached hydrogens (tertiary/aromatic N) is 2. The first-order valence-corrected chi connectivity index (χ1v) is 8.94. The summed E-state index contributed by atoms with van der Waals surface area (Å²) in [5, 5.41) is 9.16. The predicted molar refractivity (Wildman–Crippen MR) is 96.8 cm³/mol. The molecule has 138 valence electrons. The van der Waals surface area contributed by atoms with E-state index >= 15 is 0 Å². The second-order valence-electron chi connectivity index (χ2n) is 6.43. The number of fused-ring (bicyclic) bond motifs is 1. The molecule has 0 bridgehead atoms. The lowest BCUT2D eigenvalue weighted by Gasteiger charge is -2.28. The summed E-state index contributed by atoms with van der Waals surface area (Å²) in [5.74, 6) is -1.49. The number of hydrogen-bond donors (Lipinski definition) is 1. The van der Waals surface area contributed by atoms with Crippen LogP contribution in [0.3, 0.4) is 0 Å². The Morgan fingerprint density at radius 3 is 2.84 bits per heavy atom. The summed E-state index contributed by atoms with van der Waals surface area (Å²) in [5.41, 5.74) is 2.37. The van der Waals surface area contributed by atoms with Crippen LogP contribution in [0.25, 0.3) is 0 Å². The van der Waals surface area contributed by atoms with Crippen molar-refractivity contribution in [2.24, 2.45) is 5.92 Å². The zero-order valence-corrected chi connectivity index (χ0v) is 15.1. The molecule has 1 aliphatic rings. The lowest BCUT2D eigenvalue weighted by molar-refractivity contribution is -0.142. The van der Waals surface area contributed by atoms with E-state index in [1.807, 2.05) is 25.1 Å². The highest BCUT2D eigenvalue weighted by Gasteiger charge is 2.25. The van der Waals surface area contributed by atoms with Crippen LogP contribution in [0.15, 0.2) is 24.3 Å². The number of carboxylic acid groups (broad SMARTS) is 1. The summed E-state index contributed by atoms with van der Waals surface area (Å²) in [6, 6.07) is 8.12. The molecule has 1 aromatic rings. The van der Waals surface area contributed by atoms with Crippen molar-refractivity contribution in [1.82, 2.24) is 4.90 Å². The number of carboxylic acids is 1. The number of anilines is 1. The summed E-state index contributed by atoms with van der Waals surface area (Å²) in [6.07, 6.45) is 1.65. The average Bonchev–Trinajstić information content (AvgIpc) is 3.00. The van der Waals surface area contributed by atoms with Crippen LogP contribution in [-0.2, 0) is 20.7 Å². The molecular weight excluding hydrogens is 320 g/mol. The van der Waals surface area contributed by atoms with Gasteiger partial charge in [0.15, 0.2) is 0 Å². The average molecular weight is 348 g/mol. The largest absolute Gasteiger partial charge is 0.481 e. The van der Waals surface area contributed by atoms with Crippen LogP contribution >= 0.6 is 0 Å². The highest BCUT2D eigenvalue weighted by molar-refractivity contribution is 5.83. The van der Waals surface area contributed by atoms with Gasteiger partial charge in [-0.3, -0.25) is 9.59 Å². The molecule has 6 nitrogen and oxygen atoms in total. The molecule has 1 aromatic carbocycles. The van der Waals surface area contributed by atoms with Crippen molar-refractivity contribution >= 4 is 17.6 Å². The number of hydrogen-bond acceptors (Lipinski definition) is 4. The van der Waals surface area contributed by atoms with E-state index in [9.17, 15) is 9.59 Å². The van der Waals surface area contributed by atoms with Gasteiger partial charge >= 0.3 is 5.97 Å². The Balaban J connectivity index is 1.97. The summed E-state index contributed by atoms with van der Waals surface area (Å²) in [6.45, 7) is 6.65. The third-order valence-electron chi connectivity index (χ3n) is 4.50. The molecule has 2 rings (SSSR count). The Kier molecular flexibility index (Phi) is 7.25. The SMILES string of the molecule is CCOCCCN(CC(C)C(=O)O)C(=O)CN1CCc2ccccc21. The molecule has 1 amide bonds. The fourth-order valence-electron chi connectivity index (χ4n) is 3.06. The fourth-order valence-corrected chi connectivity index (χ4v) is 3.06. The Bertz CT molecular complexity index is 591. The molecule has 25 heavy (non-hydrogen) atoms. The standard InChI is InChI=1S/C19H28N2O4/c1-3-25-12-6-10-21(13-15(2)19(23)24)18(22)14-20-11-9-16-7-4-5-8-17(16)20/h4-5,7-8,15H,3,6,9-14H2,1-2H3,(H,23,24). The maximum Gasteiger partial charge on any atom is 0.308 e. The smallest absolute Gasteiger partial charge is 0.308 e. The van der Waals surface area contributed by atoms with Gasteiger partial charge in [-0.15, -0.1) is 0 Å². The summed E-state index contributed by atoms with van der Waals surface area (Å²) in [4.78, 5) is 27.7. The van der Waals surface area contributed by atoms with Crippen molar-refractivity contribution in [1.29, 1.82) is 0 Å². The monoisotopic (exact) mass is 348 g/mol. The molecule has 1 heterocycles. The van der Waals surface area contributed by atoms with E-state index in [0.717, 1.165) is 18.7 Å². The van der Waals surface area contributed by atoms with Gasteiger partial charge in [-0.1, -0.05) is 25.1 Å². The van der Waals surface area contributed by atoms with Crippen LogP contribution in [0.1, 0.15) is 25.8 Å². The van der Waals surface area contributed by atoms with E-state index < -0.39 is 11.9 Å². The molecule has 0 aliphatic carbocycles. The number of amides is 1. The van der Waals surface area contributed by atoms with E-state index in [1.165, 1.54) is 5.56 Å². The van der Waals surface area contributed by atoms with Gasteiger partial charge in [0.05, 0.1) is 12.5 Å². The second-order valence-corrected chi connectivity index (χ2v) is 6.43. The van der Waals surface area contributed by atoms with Crippen LogP contribution in [0.4, 0.5) is 5.69 Å². The summed E-state index contributed by atoms with van der Waals surface area (Å²) >= 11 is 0. The number of benzene rings is 1. The Morgan fingerprint density at radius 2 is 2.12 bits per heavy atom. The third kappa shape index (κ3) is 5.46. The van der Waals surface area contributed by atoms with Gasteiger partial charge in [0.1, 0.15) is 0 Å². The molecular formula is C19H28N2O4. The van der Waals surface area contributed by atoms with Gasteiger partial charge < -0.3 is 19.6 Å². The maximum atomic E-state index is 12.8. The zero-order chi connectivity index (χ0) is 18.2. The topological polar surface area (TPSA) is 70.1 Å². The lowest BCUT2D eigenvalue weighted by Crippen LogP contribution is -2.43. The molecule has 0 aromatic heterocycles. The number of carbonyl (C=O) groups excluding carboxylic acids is 1. The third-order valence-corrected chi connectivity index (χ3v) is 4.50. The van der Waals surface area contributed by atoms with E-state index in [4.69, 9.17) is 9.84 Å². The van der Waals surface area contributed by atoms with Gasteiger partial charge in [0, 0.05) is 38.5 Å². The van der Waals surface area contributed by atoms with Crippen LogP contribution in [-0.4, -0.2) is 61.3 Å². The minimum Gasteiger partial charge on any atom is -0.481 e. The quantitative estimate of drug-likeness (QED) is 0.655. The van der Waals surface area contributed by atoms with Crippen molar-refractivity contribution < 1.29 is 19.4 Å². The van der Waals surface area contributed by atoms with Gasteiger partial charge in [-0.05, 0) is 31.4 Å². The van der Waals surface area contributed by atoms with Crippen molar-refractivity contribution in [3.63, 3.8) is 0 Å². The minimum absolute atomic E-state index is 0.0266. The number of para-hydroxylation sites is 1. The van der Waals surface area contributed by atoms with Crippen molar-refractivity contribution in [3.05, 3.63) is 29.8 Å². The van der Waals surface area contributed by atoms with Crippen molar-refractivity contribution in [2.45, 2.75) is 26.7 Å². The summed E-state index contributed by atoms with van der Waals surface area (Å²) < 4.78 is 5.33. The molecule has 0 saturated carbocycles.